The Morgan fingerprint density at radius 1 is 0.528 bits per heavy atom. The second-order valence-electron chi connectivity index (χ2n) is 11.7. The predicted octanol–water partition coefficient (Wildman–Crippen LogP) is 5.88. The first kappa shape index (κ1) is 37.7. The number of amides is 2. The van der Waals surface area contributed by atoms with Crippen LogP contribution in [0.2, 0.25) is 0 Å². The Balaban J connectivity index is 1.49. The van der Waals surface area contributed by atoms with Gasteiger partial charge in [-0.3, -0.25) is 29.8 Å². The van der Waals surface area contributed by atoms with E-state index in [2.05, 4.69) is 0 Å². The van der Waals surface area contributed by atoms with Crippen LogP contribution in [0.1, 0.15) is 27.1 Å². The summed E-state index contributed by atoms with van der Waals surface area (Å²) >= 11 is 0. The molecule has 0 aromatic heterocycles. The van der Waals surface area contributed by atoms with Gasteiger partial charge in [-0.25, -0.2) is 0 Å². The molecule has 1 heterocycles. The molecule has 53 heavy (non-hydrogen) atoms. The smallest absolute Gasteiger partial charge is 0.270 e. The SMILES string of the molecule is COc1cc(-c2ccc([N+](=O)[O-])cc2C(=O)N2CCCN(C(=O)c3cc([N+](=O)[O-])ccc3-c3cc(OC)c(OC)c(OC)c3)CC2)cc(OC)c1OC. The highest BCUT2D eigenvalue weighted by atomic mass is 16.6. The van der Waals surface area contributed by atoms with Crippen molar-refractivity contribution >= 4 is 23.2 Å². The predicted molar refractivity (Wildman–Crippen MR) is 193 cm³/mol. The van der Waals surface area contributed by atoms with Crippen molar-refractivity contribution in [3.05, 3.63) is 92.0 Å². The van der Waals surface area contributed by atoms with Crippen molar-refractivity contribution in [1.82, 2.24) is 9.80 Å². The van der Waals surface area contributed by atoms with Crippen LogP contribution >= 0.6 is 0 Å². The number of rotatable bonds is 12. The summed E-state index contributed by atoms with van der Waals surface area (Å²) in [5.41, 5.74) is 1.35. The first-order valence-corrected chi connectivity index (χ1v) is 16.3. The van der Waals surface area contributed by atoms with E-state index in [0.29, 0.717) is 63.2 Å². The molecule has 4 aromatic rings. The van der Waals surface area contributed by atoms with E-state index >= 15 is 0 Å². The van der Waals surface area contributed by atoms with Gasteiger partial charge in [0, 0.05) is 50.4 Å². The van der Waals surface area contributed by atoms with Crippen molar-refractivity contribution in [2.45, 2.75) is 6.42 Å². The Hall–Kier alpha value is -6.58. The number of non-ortho nitro benzene ring substituents is 2. The molecule has 0 N–H and O–H groups in total. The molecule has 278 valence electrons. The Bertz CT molecular complexity index is 1870. The molecule has 0 spiro atoms. The van der Waals surface area contributed by atoms with E-state index in [1.165, 1.54) is 88.9 Å². The minimum atomic E-state index is -0.580. The Morgan fingerprint density at radius 2 is 0.868 bits per heavy atom. The summed E-state index contributed by atoms with van der Waals surface area (Å²) in [7, 11) is 8.73. The van der Waals surface area contributed by atoms with Crippen molar-refractivity contribution < 1.29 is 47.9 Å². The molecular weight excluding hydrogens is 692 g/mol. The Morgan fingerprint density at radius 3 is 1.15 bits per heavy atom. The third-order valence-electron chi connectivity index (χ3n) is 8.91. The van der Waals surface area contributed by atoms with Crippen LogP contribution in [0.4, 0.5) is 11.4 Å². The first-order valence-electron chi connectivity index (χ1n) is 16.3. The van der Waals surface area contributed by atoms with Crippen LogP contribution in [0.15, 0.2) is 60.7 Å². The van der Waals surface area contributed by atoms with E-state index in [9.17, 15) is 29.8 Å². The highest BCUT2D eigenvalue weighted by Gasteiger charge is 2.30. The fraction of sp³-hybridized carbons (Fsp3) is 0.297. The first-order chi connectivity index (χ1) is 25.5. The molecule has 0 radical (unpaired) electrons. The van der Waals surface area contributed by atoms with Gasteiger partial charge in [-0.05, 0) is 65.1 Å². The Labute approximate surface area is 304 Å². The number of methoxy groups -OCH3 is 6. The number of nitrogens with zero attached hydrogens (tertiary/aromatic N) is 4. The maximum Gasteiger partial charge on any atom is 0.270 e. The maximum absolute atomic E-state index is 14.2. The molecule has 1 fully saturated rings. The van der Waals surface area contributed by atoms with Gasteiger partial charge in [0.2, 0.25) is 11.5 Å². The lowest BCUT2D eigenvalue weighted by Crippen LogP contribution is -2.37. The van der Waals surface area contributed by atoms with Gasteiger partial charge in [0.05, 0.1) is 63.6 Å². The van der Waals surface area contributed by atoms with Crippen molar-refractivity contribution in [2.75, 3.05) is 68.8 Å². The van der Waals surface area contributed by atoms with Crippen LogP contribution < -0.4 is 28.4 Å². The highest BCUT2D eigenvalue weighted by molar-refractivity contribution is 6.03. The number of ether oxygens (including phenoxy) is 6. The molecule has 0 saturated carbocycles. The highest BCUT2D eigenvalue weighted by Crippen LogP contribution is 2.44. The minimum Gasteiger partial charge on any atom is -0.493 e. The lowest BCUT2D eigenvalue weighted by atomic mass is 9.97. The second-order valence-corrected chi connectivity index (χ2v) is 11.7. The number of carbonyl (C=O) groups excluding carboxylic acids is 2. The molecule has 5 rings (SSSR count). The topological polar surface area (TPSA) is 182 Å². The van der Waals surface area contributed by atoms with Gasteiger partial charge in [-0.15, -0.1) is 0 Å². The zero-order valence-electron chi connectivity index (χ0n) is 30.0. The molecule has 0 atom stereocenters. The minimum absolute atomic E-state index is 0.0663. The molecular formula is C37H38N4O12. The molecule has 4 aromatic carbocycles. The summed E-state index contributed by atoms with van der Waals surface area (Å²) in [5, 5.41) is 23.6. The lowest BCUT2D eigenvalue weighted by molar-refractivity contribution is -0.385. The van der Waals surface area contributed by atoms with Gasteiger partial charge < -0.3 is 38.2 Å². The standard InChI is InChI=1S/C37H38N4O12/c1-48-30-16-22(17-31(49-2)34(30)52-5)26-10-8-24(40(44)45)20-28(26)36(42)38-12-7-13-39(15-14-38)37(43)29-21-25(41(46)47)9-11-27(29)23-18-32(50-3)35(53-6)33(19-23)51-4/h8-11,16-21H,7,12-15H2,1-6H3. The van der Waals surface area contributed by atoms with Crippen LogP contribution in [-0.2, 0) is 0 Å². The average molecular weight is 731 g/mol. The van der Waals surface area contributed by atoms with E-state index in [1.54, 1.807) is 24.3 Å². The van der Waals surface area contributed by atoms with Gasteiger partial charge in [0.25, 0.3) is 23.2 Å². The van der Waals surface area contributed by atoms with Crippen molar-refractivity contribution in [3.8, 4) is 56.8 Å². The summed E-state index contributed by atoms with van der Waals surface area (Å²) in [5.74, 6) is 1.01. The summed E-state index contributed by atoms with van der Waals surface area (Å²) in [6.07, 6.45) is 0.361. The number of benzene rings is 4. The number of nitro groups is 2. The monoisotopic (exact) mass is 730 g/mol. The summed E-state index contributed by atoms with van der Waals surface area (Å²) in [4.78, 5) is 54.0. The van der Waals surface area contributed by atoms with Gasteiger partial charge >= 0.3 is 0 Å². The molecule has 16 nitrogen and oxygen atoms in total. The third kappa shape index (κ3) is 7.56. The summed E-state index contributed by atoms with van der Waals surface area (Å²) in [6.45, 7) is 0.621. The lowest BCUT2D eigenvalue weighted by Gasteiger charge is -2.24. The molecule has 2 amide bonds. The van der Waals surface area contributed by atoms with Gasteiger partial charge in [0.15, 0.2) is 23.0 Å². The van der Waals surface area contributed by atoms with E-state index in [-0.39, 0.29) is 48.7 Å². The average Bonchev–Trinajstić information content (AvgIpc) is 3.45. The van der Waals surface area contributed by atoms with E-state index < -0.39 is 21.7 Å². The number of hydrogen-bond donors (Lipinski definition) is 0. The van der Waals surface area contributed by atoms with E-state index in [0.717, 1.165) is 0 Å². The van der Waals surface area contributed by atoms with Crippen molar-refractivity contribution in [3.63, 3.8) is 0 Å². The largest absolute Gasteiger partial charge is 0.493 e. The maximum atomic E-state index is 14.2. The fourth-order valence-electron chi connectivity index (χ4n) is 6.29. The van der Waals surface area contributed by atoms with Gasteiger partial charge in [0.1, 0.15) is 0 Å². The molecule has 0 aliphatic carbocycles. The van der Waals surface area contributed by atoms with Crippen LogP contribution in [0, 0.1) is 20.2 Å². The van der Waals surface area contributed by atoms with E-state index in [4.69, 9.17) is 28.4 Å². The fourth-order valence-corrected chi connectivity index (χ4v) is 6.29. The second kappa shape index (κ2) is 16.2. The quantitative estimate of drug-likeness (QED) is 0.125. The van der Waals surface area contributed by atoms with Crippen molar-refractivity contribution in [2.24, 2.45) is 0 Å². The van der Waals surface area contributed by atoms with Gasteiger partial charge in [-0.1, -0.05) is 0 Å². The van der Waals surface area contributed by atoms with E-state index in [1.807, 2.05) is 0 Å². The number of carbonyl (C=O) groups is 2. The van der Waals surface area contributed by atoms with Crippen LogP contribution in [0.3, 0.4) is 0 Å². The third-order valence-corrected chi connectivity index (χ3v) is 8.91. The summed E-state index contributed by atoms with van der Waals surface area (Å²) < 4.78 is 32.8. The molecule has 16 heteroatoms. The van der Waals surface area contributed by atoms with Crippen LogP contribution in [0.5, 0.6) is 34.5 Å². The van der Waals surface area contributed by atoms with Crippen molar-refractivity contribution in [1.29, 1.82) is 0 Å². The molecule has 0 bridgehead atoms. The van der Waals surface area contributed by atoms with Gasteiger partial charge in [-0.2, -0.15) is 0 Å². The molecule has 1 aliphatic rings. The molecule has 1 saturated heterocycles. The van der Waals surface area contributed by atoms with Crippen LogP contribution in [0.25, 0.3) is 22.3 Å². The Kier molecular flexibility index (Phi) is 11.5. The number of nitro benzene ring substituents is 2. The summed E-state index contributed by atoms with van der Waals surface area (Å²) in [6, 6.07) is 14.6. The zero-order chi connectivity index (χ0) is 38.4. The molecule has 1 aliphatic heterocycles. The zero-order valence-corrected chi connectivity index (χ0v) is 30.0. The normalized spacial score (nSPS) is 12.7. The molecule has 0 unspecified atom stereocenters. The number of hydrogen-bond acceptors (Lipinski definition) is 12. The van der Waals surface area contributed by atoms with Crippen LogP contribution in [-0.4, -0.2) is 100 Å².